The maximum absolute atomic E-state index is 10.1. The van der Waals surface area contributed by atoms with E-state index in [9.17, 15) is 9.59 Å². The molecule has 0 aliphatic carbocycles. The quantitative estimate of drug-likeness (QED) is 0.459. The number of carboxylic acid groups (broad SMARTS) is 2. The largest absolute Gasteiger partial charge is 0.480 e. The maximum atomic E-state index is 10.1. The molecule has 0 spiro atoms. The van der Waals surface area contributed by atoms with Gasteiger partial charge in [0.05, 0.1) is 0 Å². The number of thioether (sulfide) groups is 2. The van der Waals surface area contributed by atoms with E-state index in [1.807, 2.05) is 12.5 Å². The molecule has 0 heterocycles. The van der Waals surface area contributed by atoms with E-state index < -0.39 is 24.0 Å². The van der Waals surface area contributed by atoms with Gasteiger partial charge in [0.15, 0.2) is 0 Å². The Morgan fingerprint density at radius 2 is 1.21 bits per heavy atom. The Labute approximate surface area is 132 Å². The third-order valence-corrected chi connectivity index (χ3v) is 3.19. The van der Waals surface area contributed by atoms with Crippen LogP contribution in [0.5, 0.6) is 0 Å². The Hall–Kier alpha value is 0.0795. The molecule has 2 atom stereocenters. The zero-order valence-electron chi connectivity index (χ0n) is 11.0. The third kappa shape index (κ3) is 18.1. The van der Waals surface area contributed by atoms with Crippen molar-refractivity contribution in [2.24, 2.45) is 11.5 Å². The van der Waals surface area contributed by atoms with Gasteiger partial charge in [-0.2, -0.15) is 23.5 Å². The van der Waals surface area contributed by atoms with Gasteiger partial charge >= 0.3 is 11.9 Å². The van der Waals surface area contributed by atoms with Gasteiger partial charge in [0.2, 0.25) is 0 Å². The van der Waals surface area contributed by atoms with Crippen molar-refractivity contribution in [3.63, 3.8) is 0 Å². The second-order valence-corrected chi connectivity index (χ2v) is 5.42. The van der Waals surface area contributed by atoms with Crippen molar-refractivity contribution in [2.75, 3.05) is 24.0 Å². The summed E-state index contributed by atoms with van der Waals surface area (Å²) in [6.07, 6.45) is 4.95. The van der Waals surface area contributed by atoms with Gasteiger partial charge in [-0.05, 0) is 36.9 Å². The van der Waals surface area contributed by atoms with E-state index in [0.717, 1.165) is 11.5 Å². The molecule has 0 fully saturated rings. The summed E-state index contributed by atoms with van der Waals surface area (Å²) in [5.41, 5.74) is 10.4. The monoisotopic (exact) mass is 353 g/mol. The van der Waals surface area contributed by atoms with Gasteiger partial charge in [-0.15, -0.1) is 0 Å². The van der Waals surface area contributed by atoms with E-state index in [1.54, 1.807) is 23.5 Å². The van der Waals surface area contributed by atoms with E-state index in [2.05, 4.69) is 0 Å². The molecule has 0 aliphatic rings. The smallest absolute Gasteiger partial charge is 0.320 e. The van der Waals surface area contributed by atoms with Crippen molar-refractivity contribution in [1.82, 2.24) is 0 Å². The van der Waals surface area contributed by atoms with E-state index in [-0.39, 0.29) is 17.1 Å². The molecule has 0 unspecified atom stereocenters. The third-order valence-electron chi connectivity index (χ3n) is 1.90. The standard InChI is InChI=1S/2C5H11NO2S.Mn/c2*1-9-3-2-4(6)5(7)8;/h2*4H,2-3,6H2,1H3,(H,7,8);/t2*4-;/m00./s1. The fraction of sp³-hybridized carbons (Fsp3) is 0.800. The molecule has 0 saturated carbocycles. The van der Waals surface area contributed by atoms with Gasteiger partial charge in [-0.1, -0.05) is 0 Å². The van der Waals surface area contributed by atoms with Gasteiger partial charge in [0.1, 0.15) is 12.1 Å². The van der Waals surface area contributed by atoms with E-state index in [0.29, 0.717) is 12.8 Å². The SMILES string of the molecule is CSCC[C@H](N)C(=O)O.CSCC[C@H](N)C(=O)O.[Mn]. The second-order valence-electron chi connectivity index (χ2n) is 3.45. The summed E-state index contributed by atoms with van der Waals surface area (Å²) in [6.45, 7) is 0. The molecular formula is C10H22MnN2O4S2. The van der Waals surface area contributed by atoms with Gasteiger partial charge in [-0.25, -0.2) is 0 Å². The van der Waals surface area contributed by atoms with Crippen molar-refractivity contribution in [3.8, 4) is 0 Å². The zero-order chi connectivity index (χ0) is 14.6. The van der Waals surface area contributed by atoms with Crippen LogP contribution in [0.4, 0.5) is 0 Å². The number of hydrogen-bond acceptors (Lipinski definition) is 6. The van der Waals surface area contributed by atoms with Gasteiger partial charge in [0.25, 0.3) is 0 Å². The summed E-state index contributed by atoms with van der Waals surface area (Å²) < 4.78 is 0. The van der Waals surface area contributed by atoms with Crippen LogP contribution in [0.25, 0.3) is 0 Å². The number of aliphatic carboxylic acids is 2. The predicted molar refractivity (Wildman–Crippen MR) is 77.2 cm³/mol. The molecule has 6 nitrogen and oxygen atoms in total. The van der Waals surface area contributed by atoms with Crippen molar-refractivity contribution >= 4 is 35.5 Å². The Balaban J connectivity index is -0.000000256. The van der Waals surface area contributed by atoms with Crippen LogP contribution >= 0.6 is 23.5 Å². The molecule has 0 bridgehead atoms. The number of carboxylic acids is 2. The van der Waals surface area contributed by atoms with E-state index >= 15 is 0 Å². The van der Waals surface area contributed by atoms with Crippen LogP contribution in [0.15, 0.2) is 0 Å². The molecule has 6 N–H and O–H groups in total. The Kier molecular flexibility index (Phi) is 20.5. The Bertz CT molecular complexity index is 224. The molecule has 1 radical (unpaired) electrons. The van der Waals surface area contributed by atoms with E-state index in [4.69, 9.17) is 21.7 Å². The first-order valence-electron chi connectivity index (χ1n) is 5.31. The number of nitrogens with two attached hydrogens (primary N) is 2. The molecule has 0 saturated heterocycles. The van der Waals surface area contributed by atoms with Gasteiger partial charge in [0, 0.05) is 17.1 Å². The minimum absolute atomic E-state index is 0. The summed E-state index contributed by atoms with van der Waals surface area (Å²) in [5.74, 6) is -0.200. The van der Waals surface area contributed by atoms with Crippen molar-refractivity contribution in [2.45, 2.75) is 24.9 Å². The molecule has 19 heavy (non-hydrogen) atoms. The molecular weight excluding hydrogens is 331 g/mol. The normalized spacial score (nSPS) is 12.4. The number of hydrogen-bond donors (Lipinski definition) is 4. The first-order valence-corrected chi connectivity index (χ1v) is 8.10. The number of rotatable bonds is 8. The van der Waals surface area contributed by atoms with Crippen molar-refractivity contribution < 1.29 is 36.9 Å². The average molecular weight is 353 g/mol. The van der Waals surface area contributed by atoms with Crippen LogP contribution in [0.2, 0.25) is 0 Å². The molecule has 0 aromatic rings. The second kappa shape index (κ2) is 16.1. The Morgan fingerprint density at radius 1 is 0.947 bits per heavy atom. The summed E-state index contributed by atoms with van der Waals surface area (Å²) in [6, 6.07) is -1.37. The molecule has 0 aromatic heterocycles. The summed E-state index contributed by atoms with van der Waals surface area (Å²) >= 11 is 3.21. The van der Waals surface area contributed by atoms with Crippen LogP contribution < -0.4 is 11.5 Å². The molecule has 0 aliphatic heterocycles. The van der Waals surface area contributed by atoms with Crippen molar-refractivity contribution in [3.05, 3.63) is 0 Å². The van der Waals surface area contributed by atoms with Gasteiger partial charge in [-0.3, -0.25) is 9.59 Å². The first-order chi connectivity index (χ1) is 8.36. The van der Waals surface area contributed by atoms with Crippen LogP contribution in [0, 0.1) is 0 Å². The zero-order valence-corrected chi connectivity index (χ0v) is 13.9. The van der Waals surface area contributed by atoms with Crippen LogP contribution in [-0.2, 0) is 26.7 Å². The number of carbonyl (C=O) groups is 2. The minimum Gasteiger partial charge on any atom is -0.480 e. The minimum atomic E-state index is -0.913. The summed E-state index contributed by atoms with van der Waals surface area (Å²) in [4.78, 5) is 20.1. The summed E-state index contributed by atoms with van der Waals surface area (Å²) in [7, 11) is 0. The molecule has 0 rings (SSSR count). The molecule has 115 valence electrons. The fourth-order valence-corrected chi connectivity index (χ4v) is 1.72. The Morgan fingerprint density at radius 3 is 1.37 bits per heavy atom. The van der Waals surface area contributed by atoms with E-state index in [1.165, 1.54) is 0 Å². The van der Waals surface area contributed by atoms with Crippen LogP contribution in [-0.4, -0.2) is 58.3 Å². The predicted octanol–water partition coefficient (Wildman–Crippen LogP) is 0.300. The van der Waals surface area contributed by atoms with Crippen molar-refractivity contribution in [1.29, 1.82) is 0 Å². The molecule has 0 aromatic carbocycles. The van der Waals surface area contributed by atoms with Crippen LogP contribution in [0.3, 0.4) is 0 Å². The topological polar surface area (TPSA) is 127 Å². The first kappa shape index (κ1) is 24.1. The maximum Gasteiger partial charge on any atom is 0.320 e. The average Bonchev–Trinajstić information content (AvgIpc) is 2.33. The molecule has 9 heteroatoms. The van der Waals surface area contributed by atoms with Gasteiger partial charge < -0.3 is 21.7 Å². The fourth-order valence-electron chi connectivity index (χ4n) is 0.737. The van der Waals surface area contributed by atoms with Crippen LogP contribution in [0.1, 0.15) is 12.8 Å². The molecule has 0 amide bonds. The summed E-state index contributed by atoms with van der Waals surface area (Å²) in [5, 5.41) is 16.5.